The summed E-state index contributed by atoms with van der Waals surface area (Å²) in [6, 6.07) is 7.08. The molecule has 2 aromatic rings. The van der Waals surface area contributed by atoms with Gasteiger partial charge in [0.25, 0.3) is 0 Å². The van der Waals surface area contributed by atoms with Crippen molar-refractivity contribution < 1.29 is 27.8 Å². The number of anilines is 1. The lowest BCUT2D eigenvalue weighted by Gasteiger charge is -2.13. The van der Waals surface area contributed by atoms with Crippen LogP contribution in [0, 0.1) is 17.5 Å². The van der Waals surface area contributed by atoms with Gasteiger partial charge in [0.1, 0.15) is 5.75 Å². The SMILES string of the molecule is COc1ccc(C(O)CNC(=O)Nc2cc(F)c(F)c(F)c2)cc1. The monoisotopic (exact) mass is 340 g/mol. The second-order valence-electron chi connectivity index (χ2n) is 4.88. The Bertz CT molecular complexity index is 700. The van der Waals surface area contributed by atoms with Crippen molar-refractivity contribution in [2.75, 3.05) is 19.0 Å². The molecule has 2 rings (SSSR count). The van der Waals surface area contributed by atoms with Gasteiger partial charge in [0.2, 0.25) is 0 Å². The Balaban J connectivity index is 1.90. The minimum absolute atomic E-state index is 0.135. The highest BCUT2D eigenvalue weighted by Crippen LogP contribution is 2.18. The molecule has 1 atom stereocenters. The largest absolute Gasteiger partial charge is 0.497 e. The molecule has 0 radical (unpaired) electrons. The number of benzene rings is 2. The van der Waals surface area contributed by atoms with Crippen LogP contribution in [0.25, 0.3) is 0 Å². The van der Waals surface area contributed by atoms with Gasteiger partial charge in [0, 0.05) is 24.4 Å². The number of carbonyl (C=O) groups excluding carboxylic acids is 1. The number of halogens is 3. The zero-order valence-electron chi connectivity index (χ0n) is 12.6. The molecular weight excluding hydrogens is 325 g/mol. The van der Waals surface area contributed by atoms with Crippen LogP contribution in [0.5, 0.6) is 5.75 Å². The highest BCUT2D eigenvalue weighted by atomic mass is 19.2. The number of aliphatic hydroxyl groups is 1. The number of hydrogen-bond acceptors (Lipinski definition) is 3. The average molecular weight is 340 g/mol. The summed E-state index contributed by atoms with van der Waals surface area (Å²) in [5.74, 6) is -3.82. The topological polar surface area (TPSA) is 70.6 Å². The van der Waals surface area contributed by atoms with Crippen LogP contribution in [-0.2, 0) is 0 Å². The highest BCUT2D eigenvalue weighted by Gasteiger charge is 2.13. The first-order valence-corrected chi connectivity index (χ1v) is 6.92. The molecule has 0 saturated heterocycles. The summed E-state index contributed by atoms with van der Waals surface area (Å²) in [7, 11) is 1.51. The molecule has 0 aliphatic rings. The number of methoxy groups -OCH3 is 1. The number of carbonyl (C=O) groups is 1. The van der Waals surface area contributed by atoms with E-state index in [1.165, 1.54) is 7.11 Å². The van der Waals surface area contributed by atoms with Crippen LogP contribution in [0.3, 0.4) is 0 Å². The number of hydrogen-bond donors (Lipinski definition) is 3. The Morgan fingerprint density at radius 1 is 1.17 bits per heavy atom. The Labute approximate surface area is 136 Å². The molecule has 8 heteroatoms. The van der Waals surface area contributed by atoms with Crippen LogP contribution in [0.4, 0.5) is 23.7 Å². The van der Waals surface area contributed by atoms with E-state index >= 15 is 0 Å². The van der Waals surface area contributed by atoms with E-state index in [2.05, 4.69) is 10.6 Å². The maximum Gasteiger partial charge on any atom is 0.319 e. The van der Waals surface area contributed by atoms with Gasteiger partial charge in [-0.25, -0.2) is 18.0 Å². The minimum Gasteiger partial charge on any atom is -0.497 e. The third-order valence-corrected chi connectivity index (χ3v) is 3.20. The summed E-state index contributed by atoms with van der Waals surface area (Å²) in [4.78, 5) is 11.7. The zero-order chi connectivity index (χ0) is 17.7. The average Bonchev–Trinajstić information content (AvgIpc) is 2.57. The zero-order valence-corrected chi connectivity index (χ0v) is 12.6. The lowest BCUT2D eigenvalue weighted by Crippen LogP contribution is -2.32. The highest BCUT2D eigenvalue weighted by molar-refractivity contribution is 5.89. The van der Waals surface area contributed by atoms with Gasteiger partial charge in [-0.2, -0.15) is 0 Å². The lowest BCUT2D eigenvalue weighted by atomic mass is 10.1. The lowest BCUT2D eigenvalue weighted by molar-refractivity contribution is 0.175. The molecule has 0 bridgehead atoms. The molecule has 0 fully saturated rings. The Kier molecular flexibility index (Phi) is 5.64. The smallest absolute Gasteiger partial charge is 0.319 e. The first-order chi connectivity index (χ1) is 11.4. The van der Waals surface area contributed by atoms with E-state index in [4.69, 9.17) is 4.74 Å². The van der Waals surface area contributed by atoms with Crippen molar-refractivity contribution in [3.05, 3.63) is 59.4 Å². The van der Waals surface area contributed by atoms with Crippen LogP contribution in [-0.4, -0.2) is 24.8 Å². The van der Waals surface area contributed by atoms with Crippen LogP contribution >= 0.6 is 0 Å². The van der Waals surface area contributed by atoms with E-state index < -0.39 is 29.6 Å². The van der Waals surface area contributed by atoms with Gasteiger partial charge in [0.05, 0.1) is 13.2 Å². The van der Waals surface area contributed by atoms with E-state index in [0.717, 1.165) is 0 Å². The maximum atomic E-state index is 13.1. The van der Waals surface area contributed by atoms with Gasteiger partial charge in [-0.15, -0.1) is 0 Å². The second kappa shape index (κ2) is 7.69. The predicted octanol–water partition coefficient (Wildman–Crippen LogP) is 2.97. The molecule has 0 saturated carbocycles. The van der Waals surface area contributed by atoms with Crippen molar-refractivity contribution in [2.45, 2.75) is 6.10 Å². The Hall–Kier alpha value is -2.74. The van der Waals surface area contributed by atoms with E-state index in [1.54, 1.807) is 24.3 Å². The second-order valence-corrected chi connectivity index (χ2v) is 4.88. The number of ether oxygens (including phenoxy) is 1. The quantitative estimate of drug-likeness (QED) is 0.733. The van der Waals surface area contributed by atoms with Gasteiger partial charge in [0.15, 0.2) is 17.5 Å². The molecular formula is C16H15F3N2O3. The van der Waals surface area contributed by atoms with Crippen LogP contribution in [0.1, 0.15) is 11.7 Å². The normalized spacial score (nSPS) is 11.7. The first kappa shape index (κ1) is 17.6. The minimum atomic E-state index is -1.61. The third-order valence-electron chi connectivity index (χ3n) is 3.20. The summed E-state index contributed by atoms with van der Waals surface area (Å²) in [6.07, 6.45) is -0.983. The summed E-state index contributed by atoms with van der Waals surface area (Å²) in [5, 5.41) is 14.5. The summed E-state index contributed by atoms with van der Waals surface area (Å²) < 4.78 is 43.9. The van der Waals surface area contributed by atoms with Crippen molar-refractivity contribution in [3.63, 3.8) is 0 Å². The summed E-state index contributed by atoms with van der Waals surface area (Å²) in [5.41, 5.74) is 0.304. The van der Waals surface area contributed by atoms with Crippen molar-refractivity contribution in [1.29, 1.82) is 0 Å². The number of nitrogens with one attached hydrogen (secondary N) is 2. The Morgan fingerprint density at radius 2 is 1.75 bits per heavy atom. The van der Waals surface area contributed by atoms with Gasteiger partial charge < -0.3 is 20.5 Å². The molecule has 0 aliphatic heterocycles. The molecule has 2 amide bonds. The summed E-state index contributed by atoms with van der Waals surface area (Å²) >= 11 is 0. The molecule has 3 N–H and O–H groups in total. The van der Waals surface area contributed by atoms with E-state index in [1.807, 2.05) is 0 Å². The number of amides is 2. The van der Waals surface area contributed by atoms with Crippen molar-refractivity contribution in [1.82, 2.24) is 5.32 Å². The summed E-state index contributed by atoms with van der Waals surface area (Å²) in [6.45, 7) is -0.135. The first-order valence-electron chi connectivity index (χ1n) is 6.92. The van der Waals surface area contributed by atoms with Gasteiger partial charge in [-0.05, 0) is 17.7 Å². The van der Waals surface area contributed by atoms with Crippen molar-refractivity contribution in [3.8, 4) is 5.75 Å². The molecule has 2 aromatic carbocycles. The molecule has 0 spiro atoms. The fraction of sp³-hybridized carbons (Fsp3) is 0.188. The molecule has 128 valence electrons. The fourth-order valence-corrected chi connectivity index (χ4v) is 1.94. The molecule has 5 nitrogen and oxygen atoms in total. The number of urea groups is 1. The van der Waals surface area contributed by atoms with Crippen LogP contribution in [0.2, 0.25) is 0 Å². The van der Waals surface area contributed by atoms with E-state index in [0.29, 0.717) is 23.4 Å². The van der Waals surface area contributed by atoms with Crippen LogP contribution < -0.4 is 15.4 Å². The fourth-order valence-electron chi connectivity index (χ4n) is 1.94. The molecule has 0 heterocycles. The van der Waals surface area contributed by atoms with Crippen LogP contribution in [0.15, 0.2) is 36.4 Å². The van der Waals surface area contributed by atoms with E-state index in [-0.39, 0.29) is 12.2 Å². The Morgan fingerprint density at radius 3 is 2.29 bits per heavy atom. The molecule has 24 heavy (non-hydrogen) atoms. The van der Waals surface area contributed by atoms with E-state index in [9.17, 15) is 23.1 Å². The van der Waals surface area contributed by atoms with Crippen molar-refractivity contribution in [2.24, 2.45) is 0 Å². The standard InChI is InChI=1S/C16H15F3N2O3/c1-24-11-4-2-9(3-5-11)14(22)8-20-16(23)21-10-6-12(17)15(19)13(18)7-10/h2-7,14,22H,8H2,1H3,(H2,20,21,23). The molecule has 1 unspecified atom stereocenters. The molecule has 0 aliphatic carbocycles. The maximum absolute atomic E-state index is 13.1. The number of rotatable bonds is 5. The van der Waals surface area contributed by atoms with Crippen molar-refractivity contribution >= 4 is 11.7 Å². The molecule has 0 aromatic heterocycles. The predicted molar refractivity (Wildman–Crippen MR) is 81.3 cm³/mol. The van der Waals surface area contributed by atoms with Gasteiger partial charge >= 0.3 is 6.03 Å². The third kappa shape index (κ3) is 4.39. The number of aliphatic hydroxyl groups excluding tert-OH is 1. The van der Waals surface area contributed by atoms with Gasteiger partial charge in [-0.3, -0.25) is 0 Å². The van der Waals surface area contributed by atoms with Gasteiger partial charge in [-0.1, -0.05) is 12.1 Å².